The summed E-state index contributed by atoms with van der Waals surface area (Å²) in [7, 11) is 1.89. The summed E-state index contributed by atoms with van der Waals surface area (Å²) >= 11 is 6.27. The average Bonchev–Trinajstić information content (AvgIpc) is 3.14. The van der Waals surface area contributed by atoms with Gasteiger partial charge in [0.1, 0.15) is 0 Å². The Hall–Kier alpha value is -1.26. The molecule has 1 saturated carbocycles. The van der Waals surface area contributed by atoms with E-state index in [0.29, 0.717) is 6.10 Å². The second-order valence-electron chi connectivity index (χ2n) is 7.54. The molecule has 0 spiro atoms. The molecule has 26 heavy (non-hydrogen) atoms. The minimum Gasteiger partial charge on any atom is -0.378 e. The van der Waals surface area contributed by atoms with Crippen molar-refractivity contribution in [3.8, 4) is 0 Å². The first-order valence-electron chi connectivity index (χ1n) is 10.00. The second kappa shape index (κ2) is 9.09. The Bertz CT molecular complexity index is 605. The molecule has 1 aromatic carbocycles. The number of hydrogen-bond donors (Lipinski definition) is 1. The van der Waals surface area contributed by atoms with Gasteiger partial charge < -0.3 is 15.0 Å². The Kier molecular flexibility index (Phi) is 6.82. The molecule has 1 aromatic rings. The van der Waals surface area contributed by atoms with Gasteiger partial charge in [-0.1, -0.05) is 36.6 Å². The summed E-state index contributed by atoms with van der Waals surface area (Å²) in [4.78, 5) is 6.92. The van der Waals surface area contributed by atoms with Gasteiger partial charge in [0.05, 0.1) is 6.10 Å². The minimum absolute atomic E-state index is 0.171. The fourth-order valence-corrected chi connectivity index (χ4v) is 4.68. The number of rotatable bonds is 5. The van der Waals surface area contributed by atoms with Gasteiger partial charge in [-0.15, -0.1) is 0 Å². The van der Waals surface area contributed by atoms with E-state index in [4.69, 9.17) is 16.3 Å². The van der Waals surface area contributed by atoms with Gasteiger partial charge in [-0.25, -0.2) is 0 Å². The van der Waals surface area contributed by atoms with E-state index in [1.54, 1.807) is 0 Å². The third-order valence-electron chi connectivity index (χ3n) is 5.94. The molecule has 2 aliphatic rings. The van der Waals surface area contributed by atoms with Crippen LogP contribution in [0.5, 0.6) is 0 Å². The number of halogens is 1. The molecule has 1 aliphatic carbocycles. The van der Waals surface area contributed by atoms with Crippen LogP contribution in [0.3, 0.4) is 0 Å². The summed E-state index contributed by atoms with van der Waals surface area (Å²) in [5.74, 6) is 1.02. The zero-order valence-electron chi connectivity index (χ0n) is 16.1. The van der Waals surface area contributed by atoms with Crippen molar-refractivity contribution < 1.29 is 4.74 Å². The van der Waals surface area contributed by atoms with Crippen molar-refractivity contribution in [1.29, 1.82) is 0 Å². The van der Waals surface area contributed by atoms with Crippen molar-refractivity contribution >= 4 is 17.6 Å². The van der Waals surface area contributed by atoms with Crippen LogP contribution in [0, 0.1) is 0 Å². The first kappa shape index (κ1) is 19.5. The molecule has 4 nitrogen and oxygen atoms in total. The van der Waals surface area contributed by atoms with Crippen LogP contribution in [0.15, 0.2) is 29.3 Å². The molecule has 0 atom stereocenters. The van der Waals surface area contributed by atoms with Crippen LogP contribution in [-0.4, -0.2) is 50.3 Å². The van der Waals surface area contributed by atoms with Crippen molar-refractivity contribution in [2.45, 2.75) is 57.0 Å². The quantitative estimate of drug-likeness (QED) is 0.616. The molecule has 1 heterocycles. The maximum absolute atomic E-state index is 6.27. The Labute approximate surface area is 163 Å². The maximum Gasteiger partial charge on any atom is 0.193 e. The maximum atomic E-state index is 6.27. The number of nitrogens with zero attached hydrogens (tertiary/aromatic N) is 2. The summed E-state index contributed by atoms with van der Waals surface area (Å²) in [6.07, 6.45) is 7.55. The number of piperidine rings is 1. The average molecular weight is 378 g/mol. The Morgan fingerprint density at radius 1 is 1.31 bits per heavy atom. The van der Waals surface area contributed by atoms with Gasteiger partial charge >= 0.3 is 0 Å². The molecule has 144 valence electrons. The molecule has 5 heteroatoms. The fraction of sp³-hybridized carbons (Fsp3) is 0.667. The Morgan fingerprint density at radius 2 is 2.04 bits per heavy atom. The summed E-state index contributed by atoms with van der Waals surface area (Å²) in [5.41, 5.74) is 1.53. The summed E-state index contributed by atoms with van der Waals surface area (Å²) in [5, 5.41) is 4.51. The largest absolute Gasteiger partial charge is 0.378 e. The minimum atomic E-state index is 0.171. The third kappa shape index (κ3) is 4.52. The molecular formula is C21H32ClN3O. The molecule has 0 unspecified atom stereocenters. The molecule has 1 N–H and O–H groups in total. The third-order valence-corrected chi connectivity index (χ3v) is 6.17. The molecule has 0 bridgehead atoms. The van der Waals surface area contributed by atoms with Crippen molar-refractivity contribution in [3.05, 3.63) is 34.9 Å². The number of hydrogen-bond acceptors (Lipinski definition) is 2. The number of guanidine groups is 1. The standard InChI is InChI=1S/C21H32ClN3O/c1-3-26-19-9-13-25(14-10-19)20(23-2)24-16-21(11-4-5-12-21)17-7-6-8-18(22)15-17/h6-8,15,19H,3-5,9-14,16H2,1-2H3,(H,23,24). The van der Waals surface area contributed by atoms with E-state index in [-0.39, 0.29) is 5.41 Å². The van der Waals surface area contributed by atoms with E-state index in [1.807, 2.05) is 13.1 Å². The van der Waals surface area contributed by atoms with E-state index >= 15 is 0 Å². The molecule has 0 amide bonds. The van der Waals surface area contributed by atoms with E-state index in [1.165, 1.54) is 31.2 Å². The van der Waals surface area contributed by atoms with Crippen LogP contribution < -0.4 is 5.32 Å². The van der Waals surface area contributed by atoms with Crippen LogP contribution in [0.25, 0.3) is 0 Å². The highest BCUT2D eigenvalue weighted by molar-refractivity contribution is 6.30. The van der Waals surface area contributed by atoms with Gasteiger partial charge in [0, 0.05) is 43.7 Å². The lowest BCUT2D eigenvalue weighted by Crippen LogP contribution is -2.50. The van der Waals surface area contributed by atoms with Crippen LogP contribution >= 0.6 is 11.6 Å². The lowest BCUT2D eigenvalue weighted by molar-refractivity contribution is 0.0263. The van der Waals surface area contributed by atoms with Gasteiger partial charge in [0.25, 0.3) is 0 Å². The van der Waals surface area contributed by atoms with Gasteiger partial charge in [0.15, 0.2) is 5.96 Å². The predicted molar refractivity (Wildman–Crippen MR) is 109 cm³/mol. The number of nitrogens with one attached hydrogen (secondary N) is 1. The van der Waals surface area contributed by atoms with Crippen molar-refractivity contribution in [3.63, 3.8) is 0 Å². The lowest BCUT2D eigenvalue weighted by atomic mass is 9.79. The first-order chi connectivity index (χ1) is 12.7. The smallest absolute Gasteiger partial charge is 0.193 e. The van der Waals surface area contributed by atoms with E-state index in [0.717, 1.165) is 50.1 Å². The summed E-state index contributed by atoms with van der Waals surface area (Å²) in [6.45, 7) is 5.82. The number of aliphatic imine (C=N–C) groups is 1. The fourth-order valence-electron chi connectivity index (χ4n) is 4.49. The van der Waals surface area contributed by atoms with E-state index in [2.05, 4.69) is 40.3 Å². The number of ether oxygens (including phenoxy) is 1. The van der Waals surface area contributed by atoms with Gasteiger partial charge in [-0.05, 0) is 50.3 Å². The molecule has 1 saturated heterocycles. The zero-order valence-corrected chi connectivity index (χ0v) is 16.9. The van der Waals surface area contributed by atoms with Gasteiger partial charge in [-0.3, -0.25) is 4.99 Å². The van der Waals surface area contributed by atoms with Crippen LogP contribution in [0.2, 0.25) is 5.02 Å². The lowest BCUT2D eigenvalue weighted by Gasteiger charge is -2.36. The monoisotopic (exact) mass is 377 g/mol. The highest BCUT2D eigenvalue weighted by Gasteiger charge is 2.36. The molecular weight excluding hydrogens is 346 g/mol. The highest BCUT2D eigenvalue weighted by Crippen LogP contribution is 2.41. The van der Waals surface area contributed by atoms with Crippen LogP contribution in [0.1, 0.15) is 51.0 Å². The Morgan fingerprint density at radius 3 is 2.65 bits per heavy atom. The zero-order chi connectivity index (χ0) is 18.4. The highest BCUT2D eigenvalue weighted by atomic mass is 35.5. The molecule has 2 fully saturated rings. The molecule has 0 radical (unpaired) electrons. The summed E-state index contributed by atoms with van der Waals surface area (Å²) < 4.78 is 5.77. The number of benzene rings is 1. The van der Waals surface area contributed by atoms with Crippen LogP contribution in [-0.2, 0) is 10.2 Å². The van der Waals surface area contributed by atoms with E-state index < -0.39 is 0 Å². The second-order valence-corrected chi connectivity index (χ2v) is 7.98. The molecule has 0 aromatic heterocycles. The van der Waals surface area contributed by atoms with Crippen molar-refractivity contribution in [2.24, 2.45) is 4.99 Å². The normalized spacial score (nSPS) is 21.2. The first-order valence-corrected chi connectivity index (χ1v) is 10.4. The van der Waals surface area contributed by atoms with E-state index in [9.17, 15) is 0 Å². The van der Waals surface area contributed by atoms with Gasteiger partial charge in [-0.2, -0.15) is 0 Å². The number of likely N-dealkylation sites (tertiary alicyclic amines) is 1. The van der Waals surface area contributed by atoms with Crippen molar-refractivity contribution in [1.82, 2.24) is 10.2 Å². The Balaban J connectivity index is 1.63. The predicted octanol–water partition coefficient (Wildman–Crippen LogP) is 4.23. The van der Waals surface area contributed by atoms with Gasteiger partial charge in [0.2, 0.25) is 0 Å². The topological polar surface area (TPSA) is 36.9 Å². The van der Waals surface area contributed by atoms with Crippen LogP contribution in [0.4, 0.5) is 0 Å². The molecule has 1 aliphatic heterocycles. The molecule has 3 rings (SSSR count). The SMILES string of the molecule is CCOC1CCN(C(=NC)NCC2(c3cccc(Cl)c3)CCCC2)CC1. The van der Waals surface area contributed by atoms with Crippen molar-refractivity contribution in [2.75, 3.05) is 33.3 Å². The summed E-state index contributed by atoms with van der Waals surface area (Å²) in [6, 6.07) is 8.41.